The van der Waals surface area contributed by atoms with Gasteiger partial charge in [-0.05, 0) is 56.2 Å². The fraction of sp³-hybridized carbons (Fsp3) is 0.391. The Morgan fingerprint density at radius 3 is 2.37 bits per heavy atom. The Morgan fingerprint density at radius 1 is 1.14 bits per heavy atom. The molecule has 3 rings (SSSR count). The first-order chi connectivity index (χ1) is 16.6. The summed E-state index contributed by atoms with van der Waals surface area (Å²) in [6.45, 7) is 2.32. The van der Waals surface area contributed by atoms with Gasteiger partial charge in [-0.1, -0.05) is 0 Å². The number of piperidine rings is 1. The van der Waals surface area contributed by atoms with E-state index in [4.69, 9.17) is 9.47 Å². The van der Waals surface area contributed by atoms with E-state index in [0.29, 0.717) is 24.1 Å². The molecule has 9 nitrogen and oxygen atoms in total. The number of rotatable bonds is 8. The van der Waals surface area contributed by atoms with Gasteiger partial charge in [0.2, 0.25) is 0 Å². The number of esters is 1. The van der Waals surface area contributed by atoms with E-state index in [0.717, 1.165) is 12.1 Å². The Bertz CT molecular complexity index is 1070. The molecule has 0 aromatic heterocycles. The molecule has 0 atom stereocenters. The van der Waals surface area contributed by atoms with Crippen LogP contribution in [0.15, 0.2) is 42.5 Å². The second kappa shape index (κ2) is 11.1. The molecule has 2 aromatic rings. The summed E-state index contributed by atoms with van der Waals surface area (Å²) in [6, 6.07) is 9.08. The number of hydrogen-bond acceptors (Lipinski definition) is 7. The van der Waals surface area contributed by atoms with E-state index in [1.165, 1.54) is 0 Å². The molecule has 0 saturated carbocycles. The number of amides is 1. The summed E-state index contributed by atoms with van der Waals surface area (Å²) in [7, 11) is 0. The van der Waals surface area contributed by atoms with E-state index in [1.54, 1.807) is 29.2 Å². The molecule has 1 saturated heterocycles. The van der Waals surface area contributed by atoms with Crippen LogP contribution >= 0.6 is 0 Å². The van der Waals surface area contributed by atoms with Crippen LogP contribution < -0.4 is 15.0 Å². The number of nitro benzene ring substituents is 1. The SMILES string of the molecule is CCOc1ccc(NC(=O)COC(=O)C2CCN(c3ccc(C(F)(F)F)cc3[N+](=O)[O-])CC2)cc1. The van der Waals surface area contributed by atoms with Gasteiger partial charge in [-0.2, -0.15) is 13.2 Å². The van der Waals surface area contributed by atoms with Crippen LogP contribution in [-0.2, 0) is 20.5 Å². The monoisotopic (exact) mass is 495 g/mol. The van der Waals surface area contributed by atoms with Gasteiger partial charge in [0.15, 0.2) is 6.61 Å². The summed E-state index contributed by atoms with van der Waals surface area (Å²) in [6.07, 6.45) is -4.14. The highest BCUT2D eigenvalue weighted by Gasteiger charge is 2.35. The summed E-state index contributed by atoms with van der Waals surface area (Å²) in [4.78, 5) is 36.5. The summed E-state index contributed by atoms with van der Waals surface area (Å²) < 4.78 is 49.2. The first-order valence-electron chi connectivity index (χ1n) is 10.9. The molecule has 0 unspecified atom stereocenters. The number of nitrogens with zero attached hydrogens (tertiary/aromatic N) is 2. The van der Waals surface area contributed by atoms with Gasteiger partial charge in [-0.25, -0.2) is 0 Å². The smallest absolute Gasteiger partial charge is 0.416 e. The van der Waals surface area contributed by atoms with Crippen LogP contribution in [0.3, 0.4) is 0 Å². The Morgan fingerprint density at radius 2 is 1.80 bits per heavy atom. The maximum atomic E-state index is 12.9. The van der Waals surface area contributed by atoms with Crippen molar-refractivity contribution in [2.24, 2.45) is 5.92 Å². The molecular formula is C23H24F3N3O6. The van der Waals surface area contributed by atoms with Crippen LogP contribution in [0, 0.1) is 16.0 Å². The van der Waals surface area contributed by atoms with Gasteiger partial charge >= 0.3 is 12.1 Å². The number of carbonyl (C=O) groups is 2. The van der Waals surface area contributed by atoms with Crippen molar-refractivity contribution in [1.82, 2.24) is 0 Å². The van der Waals surface area contributed by atoms with Gasteiger partial charge in [-0.15, -0.1) is 0 Å². The minimum absolute atomic E-state index is 0.0598. The molecule has 0 aliphatic carbocycles. The number of ether oxygens (including phenoxy) is 2. The van der Waals surface area contributed by atoms with Crippen LogP contribution in [0.2, 0.25) is 0 Å². The Labute approximate surface area is 199 Å². The molecule has 2 aromatic carbocycles. The number of anilines is 2. The van der Waals surface area contributed by atoms with Gasteiger partial charge in [0, 0.05) is 24.8 Å². The molecule has 1 aliphatic rings. The van der Waals surface area contributed by atoms with Crippen molar-refractivity contribution in [3.63, 3.8) is 0 Å². The van der Waals surface area contributed by atoms with Crippen molar-refractivity contribution >= 4 is 28.9 Å². The zero-order valence-electron chi connectivity index (χ0n) is 18.8. The number of nitrogens with one attached hydrogen (secondary N) is 1. The first kappa shape index (κ1) is 25.8. The lowest BCUT2D eigenvalue weighted by Gasteiger charge is -2.32. The van der Waals surface area contributed by atoms with E-state index in [9.17, 15) is 32.9 Å². The summed E-state index contributed by atoms with van der Waals surface area (Å²) in [5.41, 5.74) is -1.17. The number of hydrogen-bond donors (Lipinski definition) is 1. The normalized spacial score (nSPS) is 14.3. The molecule has 188 valence electrons. The van der Waals surface area contributed by atoms with E-state index >= 15 is 0 Å². The predicted molar refractivity (Wildman–Crippen MR) is 120 cm³/mol. The maximum absolute atomic E-state index is 12.9. The summed E-state index contributed by atoms with van der Waals surface area (Å²) in [5.74, 6) is -0.961. The van der Waals surface area contributed by atoms with Crippen LogP contribution in [0.25, 0.3) is 0 Å². The third kappa shape index (κ3) is 6.84. The Balaban J connectivity index is 1.51. The lowest BCUT2D eigenvalue weighted by molar-refractivity contribution is -0.384. The van der Waals surface area contributed by atoms with Gasteiger partial charge in [0.25, 0.3) is 11.6 Å². The van der Waals surface area contributed by atoms with E-state index in [2.05, 4.69) is 5.32 Å². The van der Waals surface area contributed by atoms with Crippen molar-refractivity contribution in [3.8, 4) is 5.75 Å². The number of nitro groups is 1. The molecule has 1 heterocycles. The van der Waals surface area contributed by atoms with Gasteiger partial charge < -0.3 is 19.7 Å². The highest BCUT2D eigenvalue weighted by molar-refractivity contribution is 5.93. The molecule has 0 radical (unpaired) electrons. The molecule has 1 fully saturated rings. The lowest BCUT2D eigenvalue weighted by Crippen LogP contribution is -2.37. The van der Waals surface area contributed by atoms with E-state index < -0.39 is 46.8 Å². The quantitative estimate of drug-likeness (QED) is 0.328. The second-order valence-electron chi connectivity index (χ2n) is 7.83. The van der Waals surface area contributed by atoms with Crippen LogP contribution in [0.4, 0.5) is 30.2 Å². The fourth-order valence-corrected chi connectivity index (χ4v) is 3.72. The Hall–Kier alpha value is -3.83. The molecule has 12 heteroatoms. The third-order valence-corrected chi connectivity index (χ3v) is 5.46. The van der Waals surface area contributed by atoms with Crippen LogP contribution in [0.5, 0.6) is 5.75 Å². The average molecular weight is 495 g/mol. The van der Waals surface area contributed by atoms with Crippen LogP contribution in [-0.4, -0.2) is 43.1 Å². The molecule has 35 heavy (non-hydrogen) atoms. The van der Waals surface area contributed by atoms with Crippen molar-refractivity contribution < 1.29 is 37.2 Å². The minimum atomic E-state index is -4.70. The largest absolute Gasteiger partial charge is 0.494 e. The second-order valence-corrected chi connectivity index (χ2v) is 7.83. The highest BCUT2D eigenvalue weighted by Crippen LogP contribution is 2.37. The molecule has 1 N–H and O–H groups in total. The fourth-order valence-electron chi connectivity index (χ4n) is 3.72. The number of benzene rings is 2. The first-order valence-corrected chi connectivity index (χ1v) is 10.9. The molecule has 0 spiro atoms. The molecule has 1 aliphatic heterocycles. The van der Waals surface area contributed by atoms with Crippen molar-refractivity contribution in [3.05, 3.63) is 58.1 Å². The summed E-state index contributed by atoms with van der Waals surface area (Å²) >= 11 is 0. The molecule has 0 bridgehead atoms. The minimum Gasteiger partial charge on any atom is -0.494 e. The number of carbonyl (C=O) groups excluding carboxylic acids is 2. The third-order valence-electron chi connectivity index (χ3n) is 5.46. The van der Waals surface area contributed by atoms with E-state index in [1.807, 2.05) is 6.92 Å². The standard InChI is InChI=1S/C23H24F3N3O6/c1-2-34-18-6-4-17(5-7-18)27-21(30)14-35-22(31)15-9-11-28(12-10-15)19-8-3-16(23(24,25)26)13-20(19)29(32)33/h3-8,13,15H,2,9-12,14H2,1H3,(H,27,30). The van der Waals surface area contributed by atoms with Gasteiger partial charge in [0.1, 0.15) is 11.4 Å². The zero-order valence-corrected chi connectivity index (χ0v) is 18.8. The molecular weight excluding hydrogens is 471 g/mol. The zero-order chi connectivity index (χ0) is 25.6. The topological polar surface area (TPSA) is 111 Å². The summed E-state index contributed by atoms with van der Waals surface area (Å²) in [5, 5.41) is 13.9. The average Bonchev–Trinajstić information content (AvgIpc) is 2.83. The highest BCUT2D eigenvalue weighted by atomic mass is 19.4. The Kier molecular flexibility index (Phi) is 8.15. The number of halogens is 3. The number of alkyl halides is 3. The van der Waals surface area contributed by atoms with Crippen molar-refractivity contribution in [1.29, 1.82) is 0 Å². The van der Waals surface area contributed by atoms with Crippen molar-refractivity contribution in [2.45, 2.75) is 25.9 Å². The van der Waals surface area contributed by atoms with Gasteiger partial charge in [0.05, 0.1) is 23.0 Å². The lowest BCUT2D eigenvalue weighted by atomic mass is 9.96. The van der Waals surface area contributed by atoms with Crippen LogP contribution in [0.1, 0.15) is 25.3 Å². The van der Waals surface area contributed by atoms with E-state index in [-0.39, 0.29) is 31.6 Å². The predicted octanol–water partition coefficient (Wildman–Crippen LogP) is 4.41. The maximum Gasteiger partial charge on any atom is 0.416 e. The van der Waals surface area contributed by atoms with Crippen molar-refractivity contribution in [2.75, 3.05) is 36.5 Å². The molecule has 1 amide bonds. The van der Waals surface area contributed by atoms with Gasteiger partial charge in [-0.3, -0.25) is 19.7 Å².